The van der Waals surface area contributed by atoms with Crippen molar-refractivity contribution in [1.29, 1.82) is 0 Å². The molecule has 2 amide bonds. The van der Waals surface area contributed by atoms with Crippen LogP contribution in [0, 0.1) is 6.92 Å². The highest BCUT2D eigenvalue weighted by atomic mass is 16.2. The number of rotatable bonds is 3. The number of anilines is 1. The van der Waals surface area contributed by atoms with Gasteiger partial charge in [0.05, 0.1) is 0 Å². The average molecular weight is 317 g/mol. The molecule has 0 atom stereocenters. The van der Waals surface area contributed by atoms with Gasteiger partial charge in [-0.25, -0.2) is 0 Å². The van der Waals surface area contributed by atoms with E-state index in [-0.39, 0.29) is 23.8 Å². The molecule has 1 fully saturated rings. The Morgan fingerprint density at radius 3 is 2.35 bits per heavy atom. The van der Waals surface area contributed by atoms with Gasteiger partial charge in [0.1, 0.15) is 6.42 Å². The van der Waals surface area contributed by atoms with E-state index < -0.39 is 0 Å². The topological polar surface area (TPSA) is 52.7 Å². The summed E-state index contributed by atoms with van der Waals surface area (Å²) in [5.74, 6) is -0.292. The predicted molar refractivity (Wildman–Crippen MR) is 92.5 cm³/mol. The lowest BCUT2D eigenvalue weighted by Crippen LogP contribution is -2.50. The first-order valence-electron chi connectivity index (χ1n) is 8.15. The summed E-state index contributed by atoms with van der Waals surface area (Å²) in [5, 5.41) is 2.83. The van der Waals surface area contributed by atoms with E-state index in [1.165, 1.54) is 11.3 Å². The Balaban J connectivity index is 1.84. The second-order valence-corrected chi connectivity index (χ2v) is 7.18. The van der Waals surface area contributed by atoms with Crippen molar-refractivity contribution in [3.8, 4) is 0 Å². The van der Waals surface area contributed by atoms with Crippen LogP contribution >= 0.6 is 0 Å². The van der Waals surface area contributed by atoms with E-state index in [1.807, 2.05) is 20.8 Å². The third kappa shape index (κ3) is 5.27. The summed E-state index contributed by atoms with van der Waals surface area (Å²) < 4.78 is 0. The van der Waals surface area contributed by atoms with E-state index in [1.54, 1.807) is 4.90 Å². The van der Waals surface area contributed by atoms with Crippen molar-refractivity contribution in [2.45, 2.75) is 39.7 Å². The van der Waals surface area contributed by atoms with Crippen LogP contribution in [-0.4, -0.2) is 48.4 Å². The van der Waals surface area contributed by atoms with Gasteiger partial charge in [0.25, 0.3) is 0 Å². The first-order chi connectivity index (χ1) is 10.7. The molecular formula is C18H27N3O2. The van der Waals surface area contributed by atoms with Gasteiger partial charge in [-0.3, -0.25) is 9.59 Å². The standard InChI is InChI=1S/C18H27N3O2/c1-14-6-5-7-15(12-14)20-8-10-21(11-9-20)17(23)13-16(22)19-18(2,3)4/h5-7,12H,8-11,13H2,1-4H3,(H,19,22). The molecule has 0 spiro atoms. The van der Waals surface area contributed by atoms with Gasteiger partial charge >= 0.3 is 0 Å². The average Bonchev–Trinajstić information content (AvgIpc) is 2.45. The highest BCUT2D eigenvalue weighted by Gasteiger charge is 2.24. The number of benzene rings is 1. The van der Waals surface area contributed by atoms with Crippen molar-refractivity contribution in [2.75, 3.05) is 31.1 Å². The number of nitrogens with one attached hydrogen (secondary N) is 1. The quantitative estimate of drug-likeness (QED) is 0.867. The Hall–Kier alpha value is -2.04. The second-order valence-electron chi connectivity index (χ2n) is 7.18. The molecular weight excluding hydrogens is 290 g/mol. The fourth-order valence-electron chi connectivity index (χ4n) is 2.75. The third-order valence-corrected chi connectivity index (χ3v) is 3.83. The molecule has 0 aliphatic carbocycles. The Morgan fingerprint density at radius 1 is 1.13 bits per heavy atom. The van der Waals surface area contributed by atoms with Crippen LogP contribution < -0.4 is 10.2 Å². The Morgan fingerprint density at radius 2 is 1.78 bits per heavy atom. The minimum atomic E-state index is -0.304. The van der Waals surface area contributed by atoms with Crippen molar-refractivity contribution < 1.29 is 9.59 Å². The molecule has 0 aromatic heterocycles. The van der Waals surface area contributed by atoms with E-state index in [0.717, 1.165) is 13.1 Å². The Kier molecular flexibility index (Phi) is 5.29. The van der Waals surface area contributed by atoms with E-state index in [9.17, 15) is 9.59 Å². The monoisotopic (exact) mass is 317 g/mol. The van der Waals surface area contributed by atoms with Crippen molar-refractivity contribution >= 4 is 17.5 Å². The van der Waals surface area contributed by atoms with Gasteiger partial charge in [-0.1, -0.05) is 12.1 Å². The third-order valence-electron chi connectivity index (χ3n) is 3.83. The molecule has 126 valence electrons. The Bertz CT molecular complexity index is 570. The zero-order valence-corrected chi connectivity index (χ0v) is 14.6. The van der Waals surface area contributed by atoms with Crippen LogP contribution in [-0.2, 0) is 9.59 Å². The molecule has 1 aromatic rings. The summed E-state index contributed by atoms with van der Waals surface area (Å²) in [6.45, 7) is 10.7. The molecule has 1 N–H and O–H groups in total. The highest BCUT2D eigenvalue weighted by molar-refractivity contribution is 5.97. The summed E-state index contributed by atoms with van der Waals surface area (Å²) in [6.07, 6.45) is -0.0677. The lowest BCUT2D eigenvalue weighted by molar-refractivity contribution is -0.136. The summed E-state index contributed by atoms with van der Waals surface area (Å²) in [4.78, 5) is 28.2. The number of carbonyl (C=O) groups is 2. The maximum atomic E-state index is 12.2. The first-order valence-corrected chi connectivity index (χ1v) is 8.15. The largest absolute Gasteiger partial charge is 0.368 e. The highest BCUT2D eigenvalue weighted by Crippen LogP contribution is 2.18. The van der Waals surface area contributed by atoms with Gasteiger partial charge in [0, 0.05) is 37.4 Å². The molecule has 0 saturated carbocycles. The molecule has 0 radical (unpaired) electrons. The maximum Gasteiger partial charge on any atom is 0.232 e. The lowest BCUT2D eigenvalue weighted by atomic mass is 10.1. The molecule has 1 aromatic carbocycles. The fraction of sp³-hybridized carbons (Fsp3) is 0.556. The molecule has 5 heteroatoms. The molecule has 1 aliphatic rings. The molecule has 5 nitrogen and oxygen atoms in total. The zero-order valence-electron chi connectivity index (χ0n) is 14.6. The van der Waals surface area contributed by atoms with Gasteiger partial charge in [-0.05, 0) is 45.4 Å². The molecule has 0 unspecified atom stereocenters. The smallest absolute Gasteiger partial charge is 0.232 e. The van der Waals surface area contributed by atoms with Crippen molar-refractivity contribution in [2.24, 2.45) is 0 Å². The summed E-state index contributed by atoms with van der Waals surface area (Å²) in [6, 6.07) is 8.39. The van der Waals surface area contributed by atoms with E-state index in [2.05, 4.69) is 41.4 Å². The van der Waals surface area contributed by atoms with E-state index in [4.69, 9.17) is 0 Å². The fourth-order valence-corrected chi connectivity index (χ4v) is 2.75. The van der Waals surface area contributed by atoms with Crippen LogP contribution in [0.15, 0.2) is 24.3 Å². The molecule has 2 rings (SSSR count). The summed E-state index contributed by atoms with van der Waals surface area (Å²) in [7, 11) is 0. The van der Waals surface area contributed by atoms with Gasteiger partial charge in [0.2, 0.25) is 11.8 Å². The number of aryl methyl sites for hydroxylation is 1. The predicted octanol–water partition coefficient (Wildman–Crippen LogP) is 1.95. The van der Waals surface area contributed by atoms with E-state index in [0.29, 0.717) is 13.1 Å². The normalized spacial score (nSPS) is 15.5. The van der Waals surface area contributed by atoms with Crippen LogP contribution in [0.2, 0.25) is 0 Å². The van der Waals surface area contributed by atoms with Gasteiger partial charge < -0.3 is 15.1 Å². The molecule has 1 heterocycles. The second kappa shape index (κ2) is 7.02. The van der Waals surface area contributed by atoms with Crippen LogP contribution in [0.4, 0.5) is 5.69 Å². The Labute approximate surface area is 138 Å². The zero-order chi connectivity index (χ0) is 17.0. The summed E-state index contributed by atoms with van der Waals surface area (Å²) >= 11 is 0. The van der Waals surface area contributed by atoms with Crippen molar-refractivity contribution in [3.63, 3.8) is 0 Å². The number of piperazine rings is 1. The van der Waals surface area contributed by atoms with Crippen LogP contribution in [0.3, 0.4) is 0 Å². The van der Waals surface area contributed by atoms with Crippen molar-refractivity contribution in [1.82, 2.24) is 10.2 Å². The van der Waals surface area contributed by atoms with Crippen LogP contribution in [0.1, 0.15) is 32.8 Å². The SMILES string of the molecule is Cc1cccc(N2CCN(C(=O)CC(=O)NC(C)(C)C)CC2)c1. The first kappa shape index (κ1) is 17.3. The minimum absolute atomic E-state index is 0.0677. The van der Waals surface area contributed by atoms with Gasteiger partial charge in [-0.2, -0.15) is 0 Å². The number of carbonyl (C=O) groups excluding carboxylic acids is 2. The minimum Gasteiger partial charge on any atom is -0.368 e. The van der Waals surface area contributed by atoms with Crippen molar-refractivity contribution in [3.05, 3.63) is 29.8 Å². The number of nitrogens with zero attached hydrogens (tertiary/aromatic N) is 2. The molecule has 1 saturated heterocycles. The molecule has 1 aliphatic heterocycles. The van der Waals surface area contributed by atoms with Gasteiger partial charge in [0.15, 0.2) is 0 Å². The summed E-state index contributed by atoms with van der Waals surface area (Å²) in [5.41, 5.74) is 2.13. The maximum absolute atomic E-state index is 12.2. The number of amides is 2. The van der Waals surface area contributed by atoms with Gasteiger partial charge in [-0.15, -0.1) is 0 Å². The van der Waals surface area contributed by atoms with E-state index >= 15 is 0 Å². The number of hydrogen-bond acceptors (Lipinski definition) is 3. The molecule has 23 heavy (non-hydrogen) atoms. The van der Waals surface area contributed by atoms with Crippen LogP contribution in [0.5, 0.6) is 0 Å². The number of hydrogen-bond donors (Lipinski definition) is 1. The molecule has 0 bridgehead atoms. The van der Waals surface area contributed by atoms with Crippen LogP contribution in [0.25, 0.3) is 0 Å². The lowest BCUT2D eigenvalue weighted by Gasteiger charge is -2.36.